The minimum Gasteiger partial charge on any atom is -0.480 e. The lowest BCUT2D eigenvalue weighted by molar-refractivity contribution is -0.144. The number of rotatable bonds is 6. The maximum Gasteiger partial charge on any atom is 0.325 e. The highest BCUT2D eigenvalue weighted by atomic mass is 32.2. The molecule has 0 aliphatic carbocycles. The fourth-order valence-corrected chi connectivity index (χ4v) is 3.72. The van der Waals surface area contributed by atoms with Crippen LogP contribution in [-0.2, 0) is 11.3 Å². The fourth-order valence-electron chi connectivity index (χ4n) is 3.25. The average molecular weight is 357 g/mol. The number of carboxylic acids is 1. The Morgan fingerprint density at radius 3 is 2.68 bits per heavy atom. The summed E-state index contributed by atoms with van der Waals surface area (Å²) in [4.78, 5) is 21.6. The molecule has 1 aliphatic heterocycles. The highest BCUT2D eigenvalue weighted by molar-refractivity contribution is 7.98. The number of hydrogen-bond acceptors (Lipinski definition) is 5. The van der Waals surface area contributed by atoms with Gasteiger partial charge in [0.15, 0.2) is 0 Å². The highest BCUT2D eigenvalue weighted by Gasteiger charge is 2.30. The fraction of sp³-hybridized carbons (Fsp3) is 0.368. The average Bonchev–Trinajstić information content (AvgIpc) is 2.64. The number of aromatic nitrogens is 1. The van der Waals surface area contributed by atoms with Gasteiger partial charge in [-0.05, 0) is 35.6 Å². The minimum atomic E-state index is -0.779. The molecule has 2 heterocycles. The van der Waals surface area contributed by atoms with E-state index >= 15 is 0 Å². The van der Waals surface area contributed by atoms with Crippen LogP contribution in [0.1, 0.15) is 17.2 Å². The van der Waals surface area contributed by atoms with Crippen LogP contribution in [0, 0.1) is 0 Å². The van der Waals surface area contributed by atoms with Crippen LogP contribution in [0.4, 0.5) is 0 Å². The number of pyridine rings is 1. The molecule has 1 aromatic carbocycles. The topological polar surface area (TPSA) is 56.7 Å². The maximum atomic E-state index is 11.9. The Bertz CT molecular complexity index is 703. The molecule has 1 aliphatic rings. The SMILES string of the molecule is CSc1cccc(C(C(=O)O)N2CCN(Cc3cccnc3)CC2)c1. The summed E-state index contributed by atoms with van der Waals surface area (Å²) in [6.45, 7) is 4.09. The van der Waals surface area contributed by atoms with Gasteiger partial charge in [-0.2, -0.15) is 0 Å². The standard InChI is InChI=1S/C19H23N3O2S/c1-25-17-6-2-5-16(12-17)18(19(23)24)22-10-8-21(9-11-22)14-15-4-3-7-20-13-15/h2-7,12-13,18H,8-11,14H2,1H3,(H,23,24). The van der Waals surface area contributed by atoms with Crippen molar-refractivity contribution in [1.82, 2.24) is 14.8 Å². The number of nitrogens with zero attached hydrogens (tertiary/aromatic N) is 3. The van der Waals surface area contributed by atoms with Crippen molar-refractivity contribution in [3.05, 3.63) is 59.9 Å². The molecule has 1 atom stereocenters. The van der Waals surface area contributed by atoms with E-state index in [0.29, 0.717) is 0 Å². The Kier molecular flexibility index (Phi) is 6.07. The zero-order chi connectivity index (χ0) is 17.6. The lowest BCUT2D eigenvalue weighted by Crippen LogP contribution is -2.48. The van der Waals surface area contributed by atoms with E-state index in [2.05, 4.69) is 20.9 Å². The molecule has 1 saturated heterocycles. The Labute approximate surface area is 152 Å². The predicted octanol–water partition coefficient (Wildman–Crippen LogP) is 2.75. The smallest absolute Gasteiger partial charge is 0.325 e. The predicted molar refractivity (Wildman–Crippen MR) is 99.7 cm³/mol. The quantitative estimate of drug-likeness (QED) is 0.803. The molecule has 6 heteroatoms. The van der Waals surface area contributed by atoms with Crippen molar-refractivity contribution in [2.24, 2.45) is 0 Å². The van der Waals surface area contributed by atoms with Gasteiger partial charge >= 0.3 is 5.97 Å². The molecule has 3 rings (SSSR count). The van der Waals surface area contributed by atoms with Gasteiger partial charge in [-0.3, -0.25) is 19.6 Å². The van der Waals surface area contributed by atoms with Crippen LogP contribution in [0.25, 0.3) is 0 Å². The molecule has 25 heavy (non-hydrogen) atoms. The summed E-state index contributed by atoms with van der Waals surface area (Å²) in [6, 6.07) is 11.3. The Morgan fingerprint density at radius 1 is 1.24 bits per heavy atom. The van der Waals surface area contributed by atoms with E-state index in [-0.39, 0.29) is 0 Å². The Balaban J connectivity index is 1.65. The van der Waals surface area contributed by atoms with E-state index in [9.17, 15) is 9.90 Å². The number of benzene rings is 1. The second-order valence-electron chi connectivity index (χ2n) is 6.19. The number of carboxylic acid groups (broad SMARTS) is 1. The lowest BCUT2D eigenvalue weighted by atomic mass is 10.0. The van der Waals surface area contributed by atoms with E-state index in [1.807, 2.05) is 42.8 Å². The molecule has 1 N–H and O–H groups in total. The van der Waals surface area contributed by atoms with Gasteiger partial charge in [0.2, 0.25) is 0 Å². The molecule has 1 aromatic heterocycles. The summed E-state index contributed by atoms with van der Waals surface area (Å²) in [7, 11) is 0. The first-order valence-electron chi connectivity index (χ1n) is 8.39. The van der Waals surface area contributed by atoms with Crippen LogP contribution in [0.3, 0.4) is 0 Å². The zero-order valence-corrected chi connectivity index (χ0v) is 15.2. The summed E-state index contributed by atoms with van der Waals surface area (Å²) >= 11 is 1.63. The van der Waals surface area contributed by atoms with Gasteiger partial charge in [-0.15, -0.1) is 11.8 Å². The number of piperazine rings is 1. The second kappa shape index (κ2) is 8.47. The number of carbonyl (C=O) groups is 1. The van der Waals surface area contributed by atoms with Gasteiger partial charge in [0, 0.05) is 50.0 Å². The molecule has 132 valence electrons. The van der Waals surface area contributed by atoms with Crippen LogP contribution in [0.5, 0.6) is 0 Å². The molecule has 0 amide bonds. The Hall–Kier alpha value is -1.89. The van der Waals surface area contributed by atoms with E-state index in [0.717, 1.165) is 43.2 Å². The first kappa shape index (κ1) is 17.9. The zero-order valence-electron chi connectivity index (χ0n) is 14.3. The third kappa shape index (κ3) is 4.60. The molecule has 5 nitrogen and oxygen atoms in total. The third-order valence-electron chi connectivity index (χ3n) is 4.54. The molecule has 0 saturated carbocycles. The van der Waals surface area contributed by atoms with Crippen LogP contribution >= 0.6 is 11.8 Å². The van der Waals surface area contributed by atoms with E-state index in [1.165, 1.54) is 5.56 Å². The second-order valence-corrected chi connectivity index (χ2v) is 7.07. The van der Waals surface area contributed by atoms with Crippen molar-refractivity contribution < 1.29 is 9.90 Å². The van der Waals surface area contributed by atoms with Gasteiger partial charge in [0.1, 0.15) is 6.04 Å². The maximum absolute atomic E-state index is 11.9. The monoisotopic (exact) mass is 357 g/mol. The number of thioether (sulfide) groups is 1. The summed E-state index contributed by atoms with van der Waals surface area (Å²) in [5.74, 6) is -0.779. The molecule has 2 aromatic rings. The third-order valence-corrected chi connectivity index (χ3v) is 5.27. The molecule has 0 spiro atoms. The van der Waals surface area contributed by atoms with Gasteiger partial charge in [0.25, 0.3) is 0 Å². The summed E-state index contributed by atoms with van der Waals surface area (Å²) in [6.07, 6.45) is 5.67. The molecule has 0 bridgehead atoms. The van der Waals surface area contributed by atoms with Crippen molar-refractivity contribution in [2.75, 3.05) is 32.4 Å². The van der Waals surface area contributed by atoms with Crippen LogP contribution in [0.15, 0.2) is 53.7 Å². The normalized spacial score (nSPS) is 17.3. The van der Waals surface area contributed by atoms with Crippen molar-refractivity contribution in [3.8, 4) is 0 Å². The molecule has 1 unspecified atom stereocenters. The first-order valence-corrected chi connectivity index (χ1v) is 9.62. The largest absolute Gasteiger partial charge is 0.480 e. The van der Waals surface area contributed by atoms with Crippen LogP contribution < -0.4 is 0 Å². The molecule has 1 fully saturated rings. The summed E-state index contributed by atoms with van der Waals surface area (Å²) in [5, 5.41) is 9.77. The van der Waals surface area contributed by atoms with Gasteiger partial charge in [-0.25, -0.2) is 0 Å². The van der Waals surface area contributed by atoms with E-state index in [1.54, 1.807) is 18.0 Å². The van der Waals surface area contributed by atoms with E-state index < -0.39 is 12.0 Å². The van der Waals surface area contributed by atoms with Crippen molar-refractivity contribution in [3.63, 3.8) is 0 Å². The number of aliphatic carboxylic acids is 1. The summed E-state index contributed by atoms with van der Waals surface area (Å²) < 4.78 is 0. The molecular formula is C19H23N3O2S. The molecule has 0 radical (unpaired) electrons. The number of hydrogen-bond donors (Lipinski definition) is 1. The highest BCUT2D eigenvalue weighted by Crippen LogP contribution is 2.26. The van der Waals surface area contributed by atoms with Crippen LogP contribution in [-0.4, -0.2) is 58.3 Å². The van der Waals surface area contributed by atoms with Gasteiger partial charge in [-0.1, -0.05) is 18.2 Å². The van der Waals surface area contributed by atoms with Crippen molar-refractivity contribution in [1.29, 1.82) is 0 Å². The van der Waals surface area contributed by atoms with Crippen molar-refractivity contribution >= 4 is 17.7 Å². The first-order chi connectivity index (χ1) is 12.2. The van der Waals surface area contributed by atoms with Gasteiger partial charge < -0.3 is 5.11 Å². The van der Waals surface area contributed by atoms with Gasteiger partial charge in [0.05, 0.1) is 0 Å². The molecular weight excluding hydrogens is 334 g/mol. The summed E-state index contributed by atoms with van der Waals surface area (Å²) in [5.41, 5.74) is 2.05. The van der Waals surface area contributed by atoms with E-state index in [4.69, 9.17) is 0 Å². The van der Waals surface area contributed by atoms with Crippen molar-refractivity contribution in [2.45, 2.75) is 17.5 Å². The minimum absolute atomic E-state index is 0.576. The van der Waals surface area contributed by atoms with Crippen LogP contribution in [0.2, 0.25) is 0 Å². The lowest BCUT2D eigenvalue weighted by Gasteiger charge is -2.37. The Morgan fingerprint density at radius 2 is 2.04 bits per heavy atom.